The van der Waals surface area contributed by atoms with Gasteiger partial charge in [-0.3, -0.25) is 0 Å². The maximum atomic E-state index is 5.96. The molecule has 2 N–H and O–H groups in total. The quantitative estimate of drug-likeness (QED) is 0.322. The molecule has 1 nitrogen and oxygen atoms in total. The van der Waals surface area contributed by atoms with Crippen molar-refractivity contribution in [2.45, 2.75) is 6.92 Å². The van der Waals surface area contributed by atoms with Crippen LogP contribution in [0.4, 0.5) is 5.69 Å². The van der Waals surface area contributed by atoms with Crippen molar-refractivity contribution in [3.8, 4) is 0 Å². The van der Waals surface area contributed by atoms with E-state index in [-0.39, 0.29) is 0 Å². The molecule has 0 aliphatic heterocycles. The summed E-state index contributed by atoms with van der Waals surface area (Å²) in [5.74, 6) is 0. The van der Waals surface area contributed by atoms with Crippen molar-refractivity contribution < 1.29 is 0 Å². The molecular weight excluding hydrogens is 338 g/mol. The van der Waals surface area contributed by atoms with Gasteiger partial charge in [0.25, 0.3) is 0 Å². The van der Waals surface area contributed by atoms with E-state index >= 15 is 0 Å². The number of rotatable bonds is 4. The summed E-state index contributed by atoms with van der Waals surface area (Å²) >= 11 is 0. The molecule has 4 rings (SSSR count). The van der Waals surface area contributed by atoms with Crippen LogP contribution in [-0.2, 0) is 0 Å². The molecule has 0 saturated heterocycles. The molecule has 0 aliphatic rings. The monoisotopic (exact) mass is 361 g/mol. The average Bonchev–Trinajstić information content (AvgIpc) is 2.75. The summed E-state index contributed by atoms with van der Waals surface area (Å²) in [7, 11) is 0. The molecule has 4 aromatic rings. The van der Waals surface area contributed by atoms with Crippen LogP contribution >= 0.6 is 0 Å². The summed E-state index contributed by atoms with van der Waals surface area (Å²) in [5.41, 5.74) is 15.2. The summed E-state index contributed by atoms with van der Waals surface area (Å²) in [6.45, 7) is 2.12. The van der Waals surface area contributed by atoms with Gasteiger partial charge >= 0.3 is 0 Å². The fourth-order valence-electron chi connectivity index (χ4n) is 3.49. The Bertz CT molecular complexity index is 984. The normalized spacial score (nSPS) is 11.8. The number of nitrogens with two attached hydrogens (primary N) is 1. The van der Waals surface area contributed by atoms with E-state index in [4.69, 9.17) is 5.73 Å². The smallest absolute Gasteiger partial charge is 0.0314 e. The minimum absolute atomic E-state index is 0.771. The Kier molecular flexibility index (Phi) is 5.07. The van der Waals surface area contributed by atoms with Crippen LogP contribution in [0.25, 0.3) is 11.1 Å². The number of benzene rings is 4. The Hall–Kier alpha value is -3.58. The third kappa shape index (κ3) is 3.74. The van der Waals surface area contributed by atoms with Crippen molar-refractivity contribution in [3.05, 3.63) is 137 Å². The Morgan fingerprint density at radius 1 is 0.464 bits per heavy atom. The maximum Gasteiger partial charge on any atom is 0.0314 e. The molecule has 0 unspecified atom stereocenters. The second-order valence-corrected chi connectivity index (χ2v) is 6.97. The fraction of sp³-hybridized carbons (Fsp3) is 0.0370. The molecule has 0 aliphatic carbocycles. The van der Waals surface area contributed by atoms with Crippen molar-refractivity contribution in [3.63, 3.8) is 0 Å². The lowest BCUT2D eigenvalue weighted by Gasteiger charge is -2.18. The first-order chi connectivity index (χ1) is 13.7. The van der Waals surface area contributed by atoms with E-state index < -0.39 is 0 Å². The highest BCUT2D eigenvalue weighted by Gasteiger charge is 2.15. The van der Waals surface area contributed by atoms with Crippen LogP contribution in [0, 0.1) is 6.92 Å². The lowest BCUT2D eigenvalue weighted by atomic mass is 9.85. The third-order valence-corrected chi connectivity index (χ3v) is 4.91. The van der Waals surface area contributed by atoms with E-state index in [1.54, 1.807) is 0 Å². The molecule has 0 radical (unpaired) electrons. The number of anilines is 1. The number of nitrogen functional groups attached to an aromatic ring is 1. The molecule has 0 heterocycles. The van der Waals surface area contributed by atoms with Gasteiger partial charge < -0.3 is 5.73 Å². The predicted octanol–water partition coefficient (Wildman–Crippen LogP) is 6.58. The highest BCUT2D eigenvalue weighted by atomic mass is 14.5. The van der Waals surface area contributed by atoms with Crippen LogP contribution in [-0.4, -0.2) is 0 Å². The van der Waals surface area contributed by atoms with E-state index in [9.17, 15) is 0 Å². The van der Waals surface area contributed by atoms with Gasteiger partial charge in [-0.1, -0.05) is 103 Å². The molecule has 0 fully saturated rings. The van der Waals surface area contributed by atoms with Crippen molar-refractivity contribution in [1.82, 2.24) is 0 Å². The van der Waals surface area contributed by atoms with Gasteiger partial charge in [0.15, 0.2) is 0 Å². The Morgan fingerprint density at radius 3 is 1.25 bits per heavy atom. The zero-order valence-corrected chi connectivity index (χ0v) is 16.0. The fourth-order valence-corrected chi connectivity index (χ4v) is 3.49. The number of hydrogen-bond acceptors (Lipinski definition) is 1. The van der Waals surface area contributed by atoms with Crippen LogP contribution < -0.4 is 5.73 Å². The largest absolute Gasteiger partial charge is 0.399 e. The van der Waals surface area contributed by atoms with Crippen LogP contribution in [0.1, 0.15) is 27.8 Å². The van der Waals surface area contributed by atoms with Gasteiger partial charge in [-0.2, -0.15) is 0 Å². The molecule has 0 spiro atoms. The highest BCUT2D eigenvalue weighted by Crippen LogP contribution is 2.37. The van der Waals surface area contributed by atoms with Crippen LogP contribution in [0.2, 0.25) is 0 Å². The maximum absolute atomic E-state index is 5.96. The predicted molar refractivity (Wildman–Crippen MR) is 120 cm³/mol. The molecule has 28 heavy (non-hydrogen) atoms. The second-order valence-electron chi connectivity index (χ2n) is 6.97. The first kappa shape index (κ1) is 17.8. The Balaban J connectivity index is 2.08. The number of hydrogen-bond donors (Lipinski definition) is 1. The summed E-state index contributed by atoms with van der Waals surface area (Å²) in [6.07, 6.45) is 0. The molecule has 1 heteroatoms. The van der Waals surface area contributed by atoms with Crippen LogP contribution in [0.3, 0.4) is 0 Å². The highest BCUT2D eigenvalue weighted by molar-refractivity contribution is 6.04. The van der Waals surface area contributed by atoms with Gasteiger partial charge in [-0.25, -0.2) is 0 Å². The van der Waals surface area contributed by atoms with E-state index in [2.05, 4.69) is 104 Å². The van der Waals surface area contributed by atoms with Gasteiger partial charge in [0.05, 0.1) is 0 Å². The zero-order chi connectivity index (χ0) is 19.3. The van der Waals surface area contributed by atoms with E-state index in [0.717, 1.165) is 11.3 Å². The molecule has 0 saturated carbocycles. The summed E-state index contributed by atoms with van der Waals surface area (Å²) in [4.78, 5) is 0. The molecular formula is C27H23N. The molecule has 136 valence electrons. The Morgan fingerprint density at radius 2 is 0.821 bits per heavy atom. The summed E-state index contributed by atoms with van der Waals surface area (Å²) in [5, 5.41) is 0. The minimum Gasteiger partial charge on any atom is -0.399 e. The molecule has 4 aromatic carbocycles. The lowest BCUT2D eigenvalue weighted by molar-refractivity contribution is 1.44. The topological polar surface area (TPSA) is 26.0 Å². The standard InChI is InChI=1S/C27H23N/c1-20-12-14-23(15-13-20)26(21-8-4-2-5-9-21)27(22-10-6-3-7-11-22)24-16-18-25(28)19-17-24/h2-19H,28H2,1H3/b27-26+. The molecule has 0 bridgehead atoms. The molecule has 0 aromatic heterocycles. The Labute approximate surface area is 166 Å². The first-order valence-corrected chi connectivity index (χ1v) is 9.50. The van der Waals surface area contributed by atoms with Gasteiger partial charge in [-0.15, -0.1) is 0 Å². The van der Waals surface area contributed by atoms with Crippen LogP contribution in [0.15, 0.2) is 109 Å². The number of aryl methyl sites for hydroxylation is 1. The minimum atomic E-state index is 0.771. The van der Waals surface area contributed by atoms with Gasteiger partial charge in [-0.05, 0) is 52.5 Å². The van der Waals surface area contributed by atoms with E-state index in [0.29, 0.717) is 0 Å². The SMILES string of the molecule is Cc1ccc(/C(=C(\c2ccccc2)c2ccc(N)cc2)c2ccccc2)cc1. The lowest BCUT2D eigenvalue weighted by Crippen LogP contribution is -1.98. The van der Waals surface area contributed by atoms with Gasteiger partial charge in [0.2, 0.25) is 0 Å². The van der Waals surface area contributed by atoms with Crippen molar-refractivity contribution in [1.29, 1.82) is 0 Å². The van der Waals surface area contributed by atoms with Gasteiger partial charge in [0, 0.05) is 5.69 Å². The summed E-state index contributed by atoms with van der Waals surface area (Å²) in [6, 6.07) is 38.1. The average molecular weight is 361 g/mol. The van der Waals surface area contributed by atoms with Crippen LogP contribution in [0.5, 0.6) is 0 Å². The first-order valence-electron chi connectivity index (χ1n) is 9.50. The zero-order valence-electron chi connectivity index (χ0n) is 16.0. The van der Waals surface area contributed by atoms with Crippen molar-refractivity contribution in [2.24, 2.45) is 0 Å². The summed E-state index contributed by atoms with van der Waals surface area (Å²) < 4.78 is 0. The third-order valence-electron chi connectivity index (χ3n) is 4.91. The second kappa shape index (κ2) is 7.98. The van der Waals surface area contributed by atoms with E-state index in [1.165, 1.54) is 33.4 Å². The van der Waals surface area contributed by atoms with E-state index in [1.807, 2.05) is 12.1 Å². The van der Waals surface area contributed by atoms with Gasteiger partial charge in [0.1, 0.15) is 0 Å². The molecule has 0 atom stereocenters. The molecule has 0 amide bonds. The van der Waals surface area contributed by atoms with Crippen molar-refractivity contribution >= 4 is 16.8 Å². The van der Waals surface area contributed by atoms with Crippen molar-refractivity contribution in [2.75, 3.05) is 5.73 Å².